The number of methoxy groups -OCH3 is 1. The van der Waals surface area contributed by atoms with Crippen molar-refractivity contribution in [2.24, 2.45) is 0 Å². The van der Waals surface area contributed by atoms with Crippen LogP contribution in [0.15, 0.2) is 54.7 Å². The van der Waals surface area contributed by atoms with E-state index in [0.717, 1.165) is 34.0 Å². The van der Waals surface area contributed by atoms with Crippen LogP contribution in [0, 0.1) is 0 Å². The SMILES string of the molecule is COc1ccc2c(c1)OC(C)(C)c1cnn(-c3ccccc3)c1-2. The fourth-order valence-electron chi connectivity index (χ4n) is 3.05. The van der Waals surface area contributed by atoms with Gasteiger partial charge in [-0.2, -0.15) is 5.10 Å². The highest BCUT2D eigenvalue weighted by Crippen LogP contribution is 2.46. The van der Waals surface area contributed by atoms with Crippen molar-refractivity contribution in [2.75, 3.05) is 7.11 Å². The van der Waals surface area contributed by atoms with Gasteiger partial charge in [-0.15, -0.1) is 0 Å². The number of para-hydroxylation sites is 1. The summed E-state index contributed by atoms with van der Waals surface area (Å²) in [5, 5.41) is 4.61. The molecule has 0 fully saturated rings. The highest BCUT2D eigenvalue weighted by atomic mass is 16.5. The molecule has 4 heteroatoms. The number of hydrogen-bond acceptors (Lipinski definition) is 3. The summed E-state index contributed by atoms with van der Waals surface area (Å²) in [5.41, 5.74) is 3.78. The second kappa shape index (κ2) is 4.88. The van der Waals surface area contributed by atoms with Crippen LogP contribution in [0.25, 0.3) is 16.9 Å². The molecule has 0 amide bonds. The average molecular weight is 306 g/mol. The van der Waals surface area contributed by atoms with Crippen LogP contribution < -0.4 is 9.47 Å². The van der Waals surface area contributed by atoms with E-state index in [-0.39, 0.29) is 0 Å². The molecule has 3 aromatic rings. The van der Waals surface area contributed by atoms with Crippen LogP contribution >= 0.6 is 0 Å². The summed E-state index contributed by atoms with van der Waals surface area (Å²) in [7, 11) is 1.66. The molecular weight excluding hydrogens is 288 g/mol. The summed E-state index contributed by atoms with van der Waals surface area (Å²) in [4.78, 5) is 0. The van der Waals surface area contributed by atoms with Gasteiger partial charge in [-0.3, -0.25) is 0 Å². The lowest BCUT2D eigenvalue weighted by molar-refractivity contribution is 0.105. The molecular formula is C19H18N2O2. The molecule has 0 saturated carbocycles. The summed E-state index contributed by atoms with van der Waals surface area (Å²) < 4.78 is 13.5. The summed E-state index contributed by atoms with van der Waals surface area (Å²) in [5.74, 6) is 1.60. The Hall–Kier alpha value is -2.75. The standard InChI is InChI=1S/C19H18N2O2/c1-19(2)16-12-20-21(13-7-5-4-6-8-13)18(16)15-10-9-14(22-3)11-17(15)23-19/h4-12H,1-3H3. The Morgan fingerprint density at radius 1 is 1.09 bits per heavy atom. The quantitative estimate of drug-likeness (QED) is 0.713. The van der Waals surface area contributed by atoms with E-state index in [9.17, 15) is 0 Å². The molecule has 4 nitrogen and oxygen atoms in total. The molecule has 0 bridgehead atoms. The van der Waals surface area contributed by atoms with Gasteiger partial charge >= 0.3 is 0 Å². The minimum Gasteiger partial charge on any atom is -0.497 e. The molecule has 2 heterocycles. The van der Waals surface area contributed by atoms with Crippen molar-refractivity contribution < 1.29 is 9.47 Å². The van der Waals surface area contributed by atoms with E-state index >= 15 is 0 Å². The molecule has 1 aromatic heterocycles. The molecule has 1 aliphatic heterocycles. The number of fused-ring (bicyclic) bond motifs is 3. The van der Waals surface area contributed by atoms with E-state index in [0.29, 0.717) is 0 Å². The topological polar surface area (TPSA) is 36.3 Å². The second-order valence-corrected chi connectivity index (χ2v) is 6.13. The smallest absolute Gasteiger partial charge is 0.133 e. The lowest BCUT2D eigenvalue weighted by atomic mass is 9.91. The second-order valence-electron chi connectivity index (χ2n) is 6.13. The van der Waals surface area contributed by atoms with E-state index < -0.39 is 5.60 Å². The predicted molar refractivity (Wildman–Crippen MR) is 89.2 cm³/mol. The van der Waals surface area contributed by atoms with E-state index in [1.165, 1.54) is 0 Å². The lowest BCUT2D eigenvalue weighted by Crippen LogP contribution is -2.29. The lowest BCUT2D eigenvalue weighted by Gasteiger charge is -2.33. The van der Waals surface area contributed by atoms with Gasteiger partial charge in [0.2, 0.25) is 0 Å². The van der Waals surface area contributed by atoms with E-state index in [1.807, 2.05) is 47.3 Å². The van der Waals surface area contributed by atoms with Crippen LogP contribution in [0.2, 0.25) is 0 Å². The molecule has 4 rings (SSSR count). The molecule has 0 N–H and O–H groups in total. The molecule has 0 aliphatic carbocycles. The van der Waals surface area contributed by atoms with Gasteiger partial charge in [0, 0.05) is 17.2 Å². The Morgan fingerprint density at radius 2 is 1.87 bits per heavy atom. The van der Waals surface area contributed by atoms with Crippen molar-refractivity contribution >= 4 is 0 Å². The van der Waals surface area contributed by atoms with Crippen molar-refractivity contribution in [1.29, 1.82) is 0 Å². The third-order valence-electron chi connectivity index (χ3n) is 4.23. The van der Waals surface area contributed by atoms with Crippen molar-refractivity contribution in [3.63, 3.8) is 0 Å². The van der Waals surface area contributed by atoms with E-state index in [2.05, 4.69) is 31.1 Å². The molecule has 1 aliphatic rings. The Labute approximate surface area is 135 Å². The predicted octanol–water partition coefficient (Wildman–Crippen LogP) is 4.18. The molecule has 0 saturated heterocycles. The Balaban J connectivity index is 1.98. The molecule has 116 valence electrons. The maximum atomic E-state index is 6.20. The monoisotopic (exact) mass is 306 g/mol. The third-order valence-corrected chi connectivity index (χ3v) is 4.23. The van der Waals surface area contributed by atoms with Gasteiger partial charge in [-0.25, -0.2) is 4.68 Å². The molecule has 2 aromatic carbocycles. The first-order valence-corrected chi connectivity index (χ1v) is 7.61. The third kappa shape index (κ3) is 2.10. The summed E-state index contributed by atoms with van der Waals surface area (Å²) in [6.45, 7) is 4.12. The van der Waals surface area contributed by atoms with Crippen LogP contribution in [0.3, 0.4) is 0 Å². The first-order chi connectivity index (χ1) is 11.1. The zero-order valence-corrected chi connectivity index (χ0v) is 13.4. The molecule has 0 unspecified atom stereocenters. The van der Waals surface area contributed by atoms with Gasteiger partial charge in [-0.1, -0.05) is 18.2 Å². The Bertz CT molecular complexity index is 866. The molecule has 0 radical (unpaired) electrons. The van der Waals surface area contributed by atoms with Gasteiger partial charge in [-0.05, 0) is 38.1 Å². The van der Waals surface area contributed by atoms with Crippen molar-refractivity contribution in [2.45, 2.75) is 19.4 Å². The van der Waals surface area contributed by atoms with Gasteiger partial charge in [0.1, 0.15) is 17.1 Å². The number of nitrogens with zero attached hydrogens (tertiary/aromatic N) is 2. The van der Waals surface area contributed by atoms with Gasteiger partial charge in [0.05, 0.1) is 24.7 Å². The molecule has 0 atom stereocenters. The molecule has 23 heavy (non-hydrogen) atoms. The number of benzene rings is 2. The van der Waals surface area contributed by atoms with Gasteiger partial charge in [0.15, 0.2) is 0 Å². The highest BCUT2D eigenvalue weighted by Gasteiger charge is 2.36. The minimum absolute atomic E-state index is 0.443. The van der Waals surface area contributed by atoms with Gasteiger partial charge < -0.3 is 9.47 Å². The largest absolute Gasteiger partial charge is 0.497 e. The van der Waals surface area contributed by atoms with Crippen LogP contribution in [0.5, 0.6) is 11.5 Å². The number of rotatable bonds is 2. The van der Waals surface area contributed by atoms with Crippen molar-refractivity contribution in [3.8, 4) is 28.4 Å². The molecule has 0 spiro atoms. The maximum absolute atomic E-state index is 6.20. The van der Waals surface area contributed by atoms with Gasteiger partial charge in [0.25, 0.3) is 0 Å². The number of hydrogen-bond donors (Lipinski definition) is 0. The average Bonchev–Trinajstić information content (AvgIpc) is 3.01. The van der Waals surface area contributed by atoms with Crippen molar-refractivity contribution in [1.82, 2.24) is 9.78 Å². The van der Waals surface area contributed by atoms with Crippen molar-refractivity contribution in [3.05, 3.63) is 60.3 Å². The minimum atomic E-state index is -0.443. The van der Waals surface area contributed by atoms with Crippen LogP contribution in [-0.2, 0) is 5.60 Å². The normalized spacial score (nSPS) is 14.6. The summed E-state index contributed by atoms with van der Waals surface area (Å²) >= 11 is 0. The van der Waals surface area contributed by atoms with E-state index in [4.69, 9.17) is 9.47 Å². The van der Waals surface area contributed by atoms with Crippen LogP contribution in [0.4, 0.5) is 0 Å². The summed E-state index contributed by atoms with van der Waals surface area (Å²) in [6.07, 6.45) is 1.90. The summed E-state index contributed by atoms with van der Waals surface area (Å²) in [6, 6.07) is 16.1. The van der Waals surface area contributed by atoms with E-state index in [1.54, 1.807) is 7.11 Å². The van der Waals surface area contributed by atoms with Crippen LogP contribution in [0.1, 0.15) is 19.4 Å². The first-order valence-electron chi connectivity index (χ1n) is 7.61. The highest BCUT2D eigenvalue weighted by molar-refractivity contribution is 5.76. The Kier molecular flexibility index (Phi) is 2.94. The van der Waals surface area contributed by atoms with Crippen LogP contribution in [-0.4, -0.2) is 16.9 Å². The zero-order valence-electron chi connectivity index (χ0n) is 13.4. The Morgan fingerprint density at radius 3 is 2.61 bits per heavy atom. The zero-order chi connectivity index (χ0) is 16.0. The number of aromatic nitrogens is 2. The fraction of sp³-hybridized carbons (Fsp3) is 0.211. The number of ether oxygens (including phenoxy) is 2. The maximum Gasteiger partial charge on any atom is 0.133 e. The first kappa shape index (κ1) is 13.9. The fourth-order valence-corrected chi connectivity index (χ4v) is 3.05.